The Hall–Kier alpha value is -8.48. The number of nitrogens with two attached hydrogens (primary N) is 7. The molecule has 1 aliphatic rings. The molecule has 556 valence electrons. The molecule has 1 saturated heterocycles. The van der Waals surface area contributed by atoms with E-state index >= 15 is 0 Å². The monoisotopic (exact) mass is 1450 g/mol. The molecule has 11 atom stereocenters. The molecule has 1 aromatic carbocycles. The first-order valence-electron chi connectivity index (χ1n) is 32.9. The van der Waals surface area contributed by atoms with E-state index < -0.39 is 143 Å². The quantitative estimate of drug-likeness (QED) is 0.0127. The second-order valence-electron chi connectivity index (χ2n) is 25.2. The molecule has 25 N–H and O–H groups in total. The number of thiol groups is 2. The van der Waals surface area contributed by atoms with Crippen molar-refractivity contribution in [1.29, 1.82) is 0 Å². The highest BCUT2D eigenvalue weighted by Gasteiger charge is 2.41. The average molecular weight is 1450 g/mol. The summed E-state index contributed by atoms with van der Waals surface area (Å²) in [4.78, 5) is 180. The molecule has 0 bridgehead atoms. The van der Waals surface area contributed by atoms with Gasteiger partial charge in [-0.05, 0) is 118 Å². The molecule has 0 unspecified atom stereocenters. The van der Waals surface area contributed by atoms with Gasteiger partial charge in [-0.1, -0.05) is 53.7 Å². The Kier molecular flexibility index (Phi) is 39.6. The number of nitrogens with one attached hydrogen (secondary N) is 10. The van der Waals surface area contributed by atoms with Crippen LogP contribution in [0.15, 0.2) is 39.2 Å². The fraction of sp³-hybridized carbons (Fsp3) is 0.661. The van der Waals surface area contributed by atoms with Gasteiger partial charge in [-0.25, -0.2) is 0 Å². The number of likely N-dealkylation sites (tertiary alicyclic amines) is 1. The minimum Gasteiger partial charge on any atom is -0.508 e. The lowest BCUT2D eigenvalue weighted by Crippen LogP contribution is -2.61. The Bertz CT molecular complexity index is 2950. The number of aliphatic imine (C=N–C) groups is 3. The number of carbonyl (C=O) groups is 12. The van der Waals surface area contributed by atoms with Crippen molar-refractivity contribution in [3.05, 3.63) is 29.8 Å². The minimum atomic E-state index is -1.47. The Morgan fingerprint density at radius 1 is 0.515 bits per heavy atom. The van der Waals surface area contributed by atoms with E-state index in [1.807, 2.05) is 0 Å². The first-order valence-corrected chi connectivity index (χ1v) is 35.5. The number of benzene rings is 1. The Labute approximate surface area is 593 Å². The van der Waals surface area contributed by atoms with E-state index in [1.165, 1.54) is 47.9 Å². The van der Waals surface area contributed by atoms with Gasteiger partial charge < -0.3 is 103 Å². The van der Waals surface area contributed by atoms with Crippen LogP contribution in [0.4, 0.5) is 0 Å². The van der Waals surface area contributed by atoms with Crippen LogP contribution in [0.3, 0.4) is 0 Å². The van der Waals surface area contributed by atoms with Crippen LogP contribution in [0.2, 0.25) is 0 Å². The van der Waals surface area contributed by atoms with E-state index in [9.17, 15) is 62.6 Å². The summed E-state index contributed by atoms with van der Waals surface area (Å²) in [7, 11) is 0. The fourth-order valence-corrected chi connectivity index (χ4v) is 11.4. The molecule has 1 heterocycles. The van der Waals surface area contributed by atoms with Gasteiger partial charge in [0, 0.05) is 51.0 Å². The summed E-state index contributed by atoms with van der Waals surface area (Å²) in [5, 5.41) is 37.0. The van der Waals surface area contributed by atoms with E-state index in [1.54, 1.807) is 47.8 Å². The molecule has 1 fully saturated rings. The lowest BCUT2D eigenvalue weighted by Gasteiger charge is -2.31. The van der Waals surface area contributed by atoms with Crippen molar-refractivity contribution < 1.29 is 62.6 Å². The third-order valence-corrected chi connectivity index (χ3v) is 16.8. The number of amides is 12. The zero-order valence-electron chi connectivity index (χ0n) is 57.8. The Morgan fingerprint density at radius 2 is 0.909 bits per heavy atom. The van der Waals surface area contributed by atoms with Crippen molar-refractivity contribution in [1.82, 2.24) is 58.1 Å². The van der Waals surface area contributed by atoms with Crippen LogP contribution >= 0.6 is 37.0 Å². The maximum absolute atomic E-state index is 14.7. The summed E-state index contributed by atoms with van der Waals surface area (Å²) in [6, 6.07) is -8.27. The third kappa shape index (κ3) is 32.8. The molecule has 0 saturated carbocycles. The number of phenols is 1. The van der Waals surface area contributed by atoms with Crippen LogP contribution in [0.5, 0.6) is 5.75 Å². The lowest BCUT2D eigenvalue weighted by atomic mass is 9.98. The molecule has 2 rings (SSSR count). The van der Waals surface area contributed by atoms with Gasteiger partial charge in [0.25, 0.3) is 0 Å². The van der Waals surface area contributed by atoms with Gasteiger partial charge in [0.05, 0.1) is 0 Å². The largest absolute Gasteiger partial charge is 0.508 e. The molecule has 1 aromatic rings. The highest BCUT2D eigenvalue weighted by atomic mass is 32.2. The van der Waals surface area contributed by atoms with E-state index in [2.05, 4.69) is 93.4 Å². The average Bonchev–Trinajstić information content (AvgIpc) is 1.71. The predicted octanol–water partition coefficient (Wildman–Crippen LogP) is -4.20. The first kappa shape index (κ1) is 86.6. The SMILES string of the molecule is CSCC[C@H](NC(=O)[C@H](CS)NC(=O)[C@H](CCCN=C(N)N)NC(C)=O)C(=O)N[C@@H](CC(C)C)C(=O)N[C@H](CC(C)C)C(=O)N[C@@H](CCCN=C(N)N)C(=O)N[C@H](C(=O)N[C@@H](Cc1ccc(O)cc1)C(=O)N[C@@H](CCCN=C(N)N)C(=O)N1CCC[C@H]1C(=O)N[C@@H](CS)C(N)=O)C(C)C. The van der Waals surface area contributed by atoms with Crippen LogP contribution in [-0.2, 0) is 64.0 Å². The topological polar surface area (TPSA) is 568 Å². The lowest BCUT2D eigenvalue weighted by molar-refractivity contribution is -0.142. The minimum absolute atomic E-state index is 0.00622. The number of hydrogen-bond donors (Lipinski definition) is 20. The highest BCUT2D eigenvalue weighted by molar-refractivity contribution is 7.98. The zero-order valence-corrected chi connectivity index (χ0v) is 60.4. The number of hydrogen-bond acceptors (Lipinski definition) is 19. The van der Waals surface area contributed by atoms with Crippen molar-refractivity contribution in [2.45, 2.75) is 192 Å². The van der Waals surface area contributed by atoms with E-state index in [4.69, 9.17) is 40.1 Å². The summed E-state index contributed by atoms with van der Waals surface area (Å²) in [6.07, 6.45) is 2.87. The number of primary amides is 1. The molecule has 34 nitrogen and oxygen atoms in total. The Morgan fingerprint density at radius 3 is 1.34 bits per heavy atom. The van der Waals surface area contributed by atoms with Crippen molar-refractivity contribution in [3.63, 3.8) is 0 Å². The van der Waals surface area contributed by atoms with Crippen LogP contribution in [0, 0.1) is 17.8 Å². The van der Waals surface area contributed by atoms with Gasteiger partial charge in [0.15, 0.2) is 17.9 Å². The van der Waals surface area contributed by atoms with Gasteiger partial charge in [-0.15, -0.1) is 0 Å². The van der Waals surface area contributed by atoms with Gasteiger partial charge in [0.2, 0.25) is 70.9 Å². The zero-order chi connectivity index (χ0) is 74.6. The van der Waals surface area contributed by atoms with E-state index in [0.29, 0.717) is 24.2 Å². The first-order chi connectivity index (χ1) is 46.6. The van der Waals surface area contributed by atoms with Gasteiger partial charge in [-0.2, -0.15) is 37.0 Å². The smallest absolute Gasteiger partial charge is 0.245 e. The Balaban J connectivity index is 2.55. The molecule has 99 heavy (non-hydrogen) atoms. The molecule has 37 heteroatoms. The number of aromatic hydroxyl groups is 1. The van der Waals surface area contributed by atoms with Crippen LogP contribution < -0.4 is 93.3 Å². The summed E-state index contributed by atoms with van der Waals surface area (Å²) >= 11 is 9.78. The van der Waals surface area contributed by atoms with Gasteiger partial charge in [-0.3, -0.25) is 72.5 Å². The van der Waals surface area contributed by atoms with Crippen molar-refractivity contribution >= 4 is 126 Å². The highest BCUT2D eigenvalue weighted by Crippen LogP contribution is 2.22. The van der Waals surface area contributed by atoms with Crippen LogP contribution in [0.1, 0.15) is 125 Å². The molecular weight excluding hydrogens is 1340 g/mol. The maximum atomic E-state index is 14.7. The van der Waals surface area contributed by atoms with Crippen molar-refractivity contribution in [2.24, 2.45) is 72.9 Å². The van der Waals surface area contributed by atoms with Crippen molar-refractivity contribution in [3.8, 4) is 5.75 Å². The third-order valence-electron chi connectivity index (χ3n) is 15.5. The summed E-state index contributed by atoms with van der Waals surface area (Å²) in [6.45, 7) is 12.0. The standard InChI is InChI=1S/C62H107N21O13S3/c1-32(2)27-42(78-54(91)43(28-33(3)4)77-51(88)40(21-26-99-8)75-56(93)46(31-98)81-50(87)38(73-35(7)84)13-9-22-70-60(64)65)53(90)74-39(14-10-23-71-61(66)67)52(89)82-48(34(5)6)58(95)79-44(29-36-17-19-37(85)20-18-36)55(92)76-41(15-11-24-72-62(68)69)59(96)83-25-12-16-47(83)57(94)80-45(30-97)49(63)86/h17-20,32-34,38-48,85,97-98H,9-16,21-31H2,1-8H3,(H2,63,86)(H,73,84)(H,74,90)(H,75,93)(H,76,92)(H,77,88)(H,78,91)(H,79,95)(H,80,94)(H,81,87)(H,82,89)(H4,64,65,70)(H4,66,67,71)(H4,68,69,72)/t38-,39-,40-,41-,42+,43-,44-,45-,46-,47-,48-/m0/s1. The predicted molar refractivity (Wildman–Crippen MR) is 385 cm³/mol. The summed E-state index contributed by atoms with van der Waals surface area (Å²) in [5.74, 6) is -10.9. The van der Waals surface area contributed by atoms with Crippen LogP contribution in [0.25, 0.3) is 0 Å². The fourth-order valence-electron chi connectivity index (χ4n) is 10.4. The number of rotatable bonds is 45. The van der Waals surface area contributed by atoms with Crippen molar-refractivity contribution in [2.75, 3.05) is 49.7 Å². The molecule has 1 aliphatic heterocycles. The summed E-state index contributed by atoms with van der Waals surface area (Å²) in [5.41, 5.74) is 39.1. The number of carbonyl (C=O) groups excluding carboxylic acids is 12. The molecule has 0 aromatic heterocycles. The maximum Gasteiger partial charge on any atom is 0.245 e. The summed E-state index contributed by atoms with van der Waals surface area (Å²) < 4.78 is 0. The second-order valence-corrected chi connectivity index (χ2v) is 26.9. The van der Waals surface area contributed by atoms with E-state index in [-0.39, 0.29) is 137 Å². The normalized spacial score (nSPS) is 15.7. The second kappa shape index (κ2) is 45.2. The van der Waals surface area contributed by atoms with Gasteiger partial charge >= 0.3 is 0 Å². The number of phenolic OH excluding ortho intramolecular Hbond substituents is 1. The molecular formula is C62H107N21O13S3. The number of nitrogens with zero attached hydrogens (tertiary/aromatic N) is 4. The molecule has 0 radical (unpaired) electrons. The van der Waals surface area contributed by atoms with Gasteiger partial charge in [0.1, 0.15) is 72.2 Å². The molecule has 12 amide bonds. The number of thioether (sulfide) groups is 1. The molecule has 0 aliphatic carbocycles. The van der Waals surface area contributed by atoms with Crippen LogP contribution in [-0.4, -0.2) is 215 Å². The number of guanidine groups is 3. The molecule has 0 spiro atoms. The van der Waals surface area contributed by atoms with E-state index in [0.717, 1.165) is 0 Å².